The number of nitrogens with zero attached hydrogens (tertiary/aromatic N) is 5. The first-order valence-electron chi connectivity index (χ1n) is 6.42. The van der Waals surface area contributed by atoms with Gasteiger partial charge in [-0.05, 0) is 11.6 Å². The van der Waals surface area contributed by atoms with Gasteiger partial charge in [0.25, 0.3) is 0 Å². The summed E-state index contributed by atoms with van der Waals surface area (Å²) in [5, 5.41) is 11.9. The van der Waals surface area contributed by atoms with Gasteiger partial charge in [-0.3, -0.25) is 9.88 Å². The zero-order valence-corrected chi connectivity index (χ0v) is 11.0. The Bertz CT molecular complexity index is 635. The van der Waals surface area contributed by atoms with Crippen molar-refractivity contribution in [1.29, 1.82) is 0 Å². The summed E-state index contributed by atoms with van der Waals surface area (Å²) in [6.07, 6.45) is 5.46. The Balaban J connectivity index is 1.79. The number of pyridine rings is 1. The maximum absolute atomic E-state index is 8.82. The molecule has 0 atom stereocenters. The van der Waals surface area contributed by atoms with Crippen molar-refractivity contribution in [3.8, 4) is 0 Å². The quantitative estimate of drug-likeness (QED) is 0.365. The number of aromatic nitrogens is 3. The molecule has 0 aliphatic carbocycles. The van der Waals surface area contributed by atoms with Crippen LogP contribution >= 0.6 is 0 Å². The third-order valence-corrected chi connectivity index (χ3v) is 3.46. The van der Waals surface area contributed by atoms with Crippen LogP contribution < -0.4 is 5.73 Å². The fourth-order valence-electron chi connectivity index (χ4n) is 2.44. The van der Waals surface area contributed by atoms with E-state index in [4.69, 9.17) is 10.9 Å². The second kappa shape index (κ2) is 5.30. The number of hydrogen-bond donors (Lipinski definition) is 2. The first kappa shape index (κ1) is 12.6. The summed E-state index contributed by atoms with van der Waals surface area (Å²) in [4.78, 5) is 10.8. The van der Waals surface area contributed by atoms with E-state index in [1.54, 1.807) is 6.20 Å². The summed E-state index contributed by atoms with van der Waals surface area (Å²) < 4.78 is 2.16. The number of amidine groups is 1. The number of fused-ring (bicyclic) bond motifs is 1. The van der Waals surface area contributed by atoms with Gasteiger partial charge in [0.1, 0.15) is 11.5 Å². The molecule has 1 aliphatic heterocycles. The number of rotatable bonds is 3. The smallest absolute Gasteiger partial charge is 0.189 e. The zero-order valence-electron chi connectivity index (χ0n) is 11.0. The minimum atomic E-state index is 0.0408. The molecule has 0 spiro atoms. The summed E-state index contributed by atoms with van der Waals surface area (Å²) in [7, 11) is 0. The Kier molecular flexibility index (Phi) is 3.34. The molecule has 2 aromatic heterocycles. The number of hydrogen-bond acceptors (Lipinski definition) is 5. The minimum Gasteiger partial charge on any atom is -0.409 e. The van der Waals surface area contributed by atoms with Gasteiger partial charge in [0.15, 0.2) is 5.84 Å². The van der Waals surface area contributed by atoms with Crippen LogP contribution in [-0.2, 0) is 19.6 Å². The van der Waals surface area contributed by atoms with E-state index in [1.807, 2.05) is 24.5 Å². The molecule has 7 nitrogen and oxygen atoms in total. The highest BCUT2D eigenvalue weighted by atomic mass is 16.4. The summed E-state index contributed by atoms with van der Waals surface area (Å²) in [6.45, 7) is 3.35. The van der Waals surface area contributed by atoms with Crippen LogP contribution in [0.5, 0.6) is 0 Å². The van der Waals surface area contributed by atoms with Crippen LogP contribution in [0.25, 0.3) is 0 Å². The monoisotopic (exact) mass is 272 g/mol. The maximum Gasteiger partial charge on any atom is 0.189 e. The summed E-state index contributed by atoms with van der Waals surface area (Å²) >= 11 is 0. The molecule has 3 heterocycles. The van der Waals surface area contributed by atoms with Crippen molar-refractivity contribution in [3.63, 3.8) is 0 Å². The van der Waals surface area contributed by atoms with E-state index in [0.717, 1.165) is 31.0 Å². The topological polar surface area (TPSA) is 92.6 Å². The third kappa shape index (κ3) is 2.35. The molecule has 1 aliphatic rings. The second-order valence-electron chi connectivity index (χ2n) is 4.74. The van der Waals surface area contributed by atoms with E-state index in [-0.39, 0.29) is 5.84 Å². The average Bonchev–Trinajstić information content (AvgIpc) is 2.94. The van der Waals surface area contributed by atoms with Gasteiger partial charge in [-0.15, -0.1) is 0 Å². The number of nitrogens with two attached hydrogens (primary N) is 1. The molecular formula is C13H16N6O. The van der Waals surface area contributed by atoms with E-state index in [2.05, 4.69) is 24.6 Å². The molecule has 0 amide bonds. The molecule has 7 heteroatoms. The summed E-state index contributed by atoms with van der Waals surface area (Å²) in [5.41, 5.74) is 7.14. The Labute approximate surface area is 116 Å². The van der Waals surface area contributed by atoms with Crippen LogP contribution in [0.1, 0.15) is 17.1 Å². The van der Waals surface area contributed by atoms with Gasteiger partial charge < -0.3 is 15.5 Å². The lowest BCUT2D eigenvalue weighted by Gasteiger charge is -2.27. The predicted octanol–water partition coefficient (Wildman–Crippen LogP) is 0.388. The van der Waals surface area contributed by atoms with E-state index >= 15 is 0 Å². The standard InChI is InChI=1S/C13H16N6O/c14-13(17-20)12-10(2-1-3-16-12)8-18-6-7-19-5-4-15-11(19)9-18/h1-5,20H,6-9H2,(H2,14,17). The Morgan fingerprint density at radius 1 is 1.35 bits per heavy atom. The molecule has 20 heavy (non-hydrogen) atoms. The Morgan fingerprint density at radius 3 is 3.10 bits per heavy atom. The SMILES string of the molecule is NC(=NO)c1ncccc1CN1CCn2ccnc2C1. The van der Waals surface area contributed by atoms with E-state index < -0.39 is 0 Å². The highest BCUT2D eigenvalue weighted by Gasteiger charge is 2.18. The van der Waals surface area contributed by atoms with Crippen molar-refractivity contribution in [2.45, 2.75) is 19.6 Å². The first-order valence-corrected chi connectivity index (χ1v) is 6.42. The van der Waals surface area contributed by atoms with Crippen LogP contribution in [0.4, 0.5) is 0 Å². The molecule has 0 saturated heterocycles. The first-order chi connectivity index (χ1) is 9.78. The number of oxime groups is 1. The molecule has 0 radical (unpaired) electrons. The molecule has 104 valence electrons. The number of imidazole rings is 1. The summed E-state index contributed by atoms with van der Waals surface area (Å²) in [5.74, 6) is 1.10. The van der Waals surface area contributed by atoms with Gasteiger partial charge in [0.05, 0.1) is 6.54 Å². The summed E-state index contributed by atoms with van der Waals surface area (Å²) in [6, 6.07) is 3.80. The molecule has 2 aromatic rings. The lowest BCUT2D eigenvalue weighted by atomic mass is 10.1. The molecule has 3 rings (SSSR count). The van der Waals surface area contributed by atoms with Gasteiger partial charge in [-0.25, -0.2) is 4.98 Å². The molecule has 0 bridgehead atoms. The van der Waals surface area contributed by atoms with E-state index in [1.165, 1.54) is 0 Å². The molecular weight excluding hydrogens is 256 g/mol. The lowest BCUT2D eigenvalue weighted by molar-refractivity contribution is 0.208. The van der Waals surface area contributed by atoms with Crippen LogP contribution in [0.3, 0.4) is 0 Å². The van der Waals surface area contributed by atoms with Crippen molar-refractivity contribution in [1.82, 2.24) is 19.4 Å². The van der Waals surface area contributed by atoms with Crippen LogP contribution in [0.2, 0.25) is 0 Å². The van der Waals surface area contributed by atoms with Crippen LogP contribution in [0, 0.1) is 0 Å². The molecule has 0 aromatic carbocycles. The van der Waals surface area contributed by atoms with Crippen molar-refractivity contribution >= 4 is 5.84 Å². The Morgan fingerprint density at radius 2 is 2.25 bits per heavy atom. The normalized spacial score (nSPS) is 16.1. The van der Waals surface area contributed by atoms with Crippen molar-refractivity contribution in [3.05, 3.63) is 47.8 Å². The highest BCUT2D eigenvalue weighted by Crippen LogP contribution is 2.15. The van der Waals surface area contributed by atoms with Crippen molar-refractivity contribution in [2.75, 3.05) is 6.54 Å². The lowest BCUT2D eigenvalue weighted by Crippen LogP contribution is -2.34. The van der Waals surface area contributed by atoms with Crippen LogP contribution in [0.15, 0.2) is 35.9 Å². The average molecular weight is 272 g/mol. The fourth-order valence-corrected chi connectivity index (χ4v) is 2.44. The van der Waals surface area contributed by atoms with Gasteiger partial charge in [-0.2, -0.15) is 0 Å². The zero-order chi connectivity index (χ0) is 13.9. The molecule has 0 fully saturated rings. The molecule has 0 saturated carbocycles. The van der Waals surface area contributed by atoms with Gasteiger partial charge in [-0.1, -0.05) is 11.2 Å². The molecule has 0 unspecified atom stereocenters. The second-order valence-corrected chi connectivity index (χ2v) is 4.74. The highest BCUT2D eigenvalue weighted by molar-refractivity contribution is 5.96. The van der Waals surface area contributed by atoms with Crippen molar-refractivity contribution < 1.29 is 5.21 Å². The predicted molar refractivity (Wildman–Crippen MR) is 73.1 cm³/mol. The van der Waals surface area contributed by atoms with Gasteiger partial charge in [0.2, 0.25) is 0 Å². The molecule has 3 N–H and O–H groups in total. The minimum absolute atomic E-state index is 0.0408. The fraction of sp³-hybridized carbons (Fsp3) is 0.308. The third-order valence-electron chi connectivity index (χ3n) is 3.46. The van der Waals surface area contributed by atoms with Crippen LogP contribution in [-0.4, -0.2) is 37.0 Å². The largest absolute Gasteiger partial charge is 0.409 e. The van der Waals surface area contributed by atoms with Gasteiger partial charge in [0, 0.05) is 38.2 Å². The van der Waals surface area contributed by atoms with E-state index in [9.17, 15) is 0 Å². The Hall–Kier alpha value is -2.41. The van der Waals surface area contributed by atoms with E-state index in [0.29, 0.717) is 12.2 Å². The van der Waals surface area contributed by atoms with Crippen molar-refractivity contribution in [2.24, 2.45) is 10.9 Å². The van der Waals surface area contributed by atoms with Gasteiger partial charge >= 0.3 is 0 Å². The maximum atomic E-state index is 8.82.